The molecule has 0 fully saturated rings. The predicted molar refractivity (Wildman–Crippen MR) is 84.1 cm³/mol. The molecule has 0 saturated heterocycles. The smallest absolute Gasteiger partial charge is 0.147 e. The second-order valence-corrected chi connectivity index (χ2v) is 6.73. The van der Waals surface area contributed by atoms with Gasteiger partial charge in [-0.1, -0.05) is 0 Å². The topological polar surface area (TPSA) is 59.0 Å². The Labute approximate surface area is 131 Å². The normalized spacial score (nSPS) is 11.2. The second-order valence-electron chi connectivity index (χ2n) is 5.02. The maximum Gasteiger partial charge on any atom is 0.147 e. The molecule has 0 amide bonds. The Morgan fingerprint density at radius 2 is 1.89 bits per heavy atom. The molecule has 0 atom stereocenters. The van der Waals surface area contributed by atoms with Crippen LogP contribution in [0, 0.1) is 16.7 Å². The Kier molecular flexibility index (Phi) is 6.31. The molecule has 0 aromatic heterocycles. The first-order valence-corrected chi connectivity index (χ1v) is 7.70. The predicted octanol–water partition coefficient (Wildman–Crippen LogP) is 4.03. The monoisotopic (exact) mass is 388 g/mol. The standard InChI is InChI=1S/C14H18Br2N2O/c1-14(2,9-18)4-6-19-13-11(15)7-10(3-5-17)8-12(13)16/h7-8H,3-6,17H2,1-2H3. The fraction of sp³-hybridized carbons (Fsp3) is 0.500. The van der Waals surface area contributed by atoms with E-state index in [2.05, 4.69) is 37.9 Å². The Morgan fingerprint density at radius 3 is 2.37 bits per heavy atom. The van der Waals surface area contributed by atoms with Gasteiger partial charge < -0.3 is 10.5 Å². The fourth-order valence-electron chi connectivity index (χ4n) is 1.53. The molecule has 0 heterocycles. The van der Waals surface area contributed by atoms with Crippen LogP contribution in [0.2, 0.25) is 0 Å². The maximum atomic E-state index is 8.96. The van der Waals surface area contributed by atoms with Gasteiger partial charge in [0.05, 0.1) is 27.0 Å². The first kappa shape index (κ1) is 16.5. The number of benzene rings is 1. The van der Waals surface area contributed by atoms with Crippen LogP contribution in [0.3, 0.4) is 0 Å². The number of halogens is 2. The van der Waals surface area contributed by atoms with E-state index in [1.807, 2.05) is 26.0 Å². The lowest BCUT2D eigenvalue weighted by molar-refractivity contribution is 0.261. The molecule has 1 rings (SSSR count). The van der Waals surface area contributed by atoms with Crippen LogP contribution in [-0.4, -0.2) is 13.2 Å². The molecule has 5 heteroatoms. The summed E-state index contributed by atoms with van der Waals surface area (Å²) in [7, 11) is 0. The van der Waals surface area contributed by atoms with E-state index in [0.717, 1.165) is 26.7 Å². The summed E-state index contributed by atoms with van der Waals surface area (Å²) in [5.74, 6) is 0.773. The number of ether oxygens (including phenoxy) is 1. The van der Waals surface area contributed by atoms with Crippen molar-refractivity contribution in [1.29, 1.82) is 5.26 Å². The van der Waals surface area contributed by atoms with Gasteiger partial charge in [-0.3, -0.25) is 0 Å². The van der Waals surface area contributed by atoms with Crippen LogP contribution in [0.1, 0.15) is 25.8 Å². The summed E-state index contributed by atoms with van der Waals surface area (Å²) in [6.07, 6.45) is 1.52. The van der Waals surface area contributed by atoms with Crippen LogP contribution in [0.4, 0.5) is 0 Å². The third-order valence-corrected chi connectivity index (χ3v) is 3.95. The summed E-state index contributed by atoms with van der Waals surface area (Å²) < 4.78 is 7.57. The summed E-state index contributed by atoms with van der Waals surface area (Å²) in [6.45, 7) is 4.94. The maximum absolute atomic E-state index is 8.96. The molecule has 3 nitrogen and oxygen atoms in total. The van der Waals surface area contributed by atoms with Gasteiger partial charge in [-0.15, -0.1) is 0 Å². The molecule has 1 aromatic rings. The van der Waals surface area contributed by atoms with Gasteiger partial charge >= 0.3 is 0 Å². The highest BCUT2D eigenvalue weighted by Crippen LogP contribution is 2.35. The molecule has 0 spiro atoms. The number of nitrogens with two attached hydrogens (primary N) is 1. The zero-order valence-corrected chi connectivity index (χ0v) is 14.3. The summed E-state index contributed by atoms with van der Waals surface area (Å²) in [5.41, 5.74) is 6.35. The molecule has 0 bridgehead atoms. The molecule has 0 saturated carbocycles. The summed E-state index contributed by atoms with van der Waals surface area (Å²) in [5, 5.41) is 8.96. The second kappa shape index (κ2) is 7.28. The first-order chi connectivity index (χ1) is 8.89. The van der Waals surface area contributed by atoms with Crippen molar-refractivity contribution in [1.82, 2.24) is 0 Å². The van der Waals surface area contributed by atoms with Crippen LogP contribution in [0.5, 0.6) is 5.75 Å². The van der Waals surface area contributed by atoms with Gasteiger partial charge in [0.1, 0.15) is 5.75 Å². The van der Waals surface area contributed by atoms with Gasteiger partial charge in [0, 0.05) is 0 Å². The molecule has 19 heavy (non-hydrogen) atoms. The van der Waals surface area contributed by atoms with Crippen molar-refractivity contribution in [3.05, 3.63) is 26.6 Å². The van der Waals surface area contributed by atoms with Crippen LogP contribution in [0.25, 0.3) is 0 Å². The van der Waals surface area contributed by atoms with Crippen molar-refractivity contribution in [2.24, 2.45) is 11.1 Å². The van der Waals surface area contributed by atoms with E-state index in [1.165, 1.54) is 0 Å². The Morgan fingerprint density at radius 1 is 1.32 bits per heavy atom. The van der Waals surface area contributed by atoms with Crippen molar-refractivity contribution in [3.8, 4) is 11.8 Å². The van der Waals surface area contributed by atoms with E-state index < -0.39 is 0 Å². The SMILES string of the molecule is CC(C)(C#N)CCOc1c(Br)cc(CCN)cc1Br. The number of hydrogen-bond acceptors (Lipinski definition) is 3. The van der Waals surface area contributed by atoms with Gasteiger partial charge in [0.2, 0.25) is 0 Å². The van der Waals surface area contributed by atoms with Crippen LogP contribution in [0.15, 0.2) is 21.1 Å². The summed E-state index contributed by atoms with van der Waals surface area (Å²) in [6, 6.07) is 6.30. The molecule has 0 aliphatic heterocycles. The van der Waals surface area contributed by atoms with E-state index in [9.17, 15) is 0 Å². The van der Waals surface area contributed by atoms with Gasteiger partial charge in [-0.2, -0.15) is 5.26 Å². The number of hydrogen-bond donors (Lipinski definition) is 1. The largest absolute Gasteiger partial charge is 0.491 e. The fourth-order valence-corrected chi connectivity index (χ4v) is 3.04. The average molecular weight is 390 g/mol. The molecule has 0 aliphatic rings. The Bertz CT molecular complexity index is 458. The number of rotatable bonds is 6. The Balaban J connectivity index is 2.72. The summed E-state index contributed by atoms with van der Waals surface area (Å²) >= 11 is 7.01. The number of nitriles is 1. The molecular weight excluding hydrogens is 372 g/mol. The summed E-state index contributed by atoms with van der Waals surface area (Å²) in [4.78, 5) is 0. The minimum absolute atomic E-state index is 0.363. The Hall–Kier alpha value is -0.570. The lowest BCUT2D eigenvalue weighted by Crippen LogP contribution is -2.13. The molecule has 104 valence electrons. The molecular formula is C14H18Br2N2O. The van der Waals surface area contributed by atoms with E-state index in [0.29, 0.717) is 19.6 Å². The van der Waals surface area contributed by atoms with Crippen LogP contribution in [-0.2, 0) is 6.42 Å². The molecule has 0 radical (unpaired) electrons. The van der Waals surface area contributed by atoms with E-state index >= 15 is 0 Å². The molecule has 1 aromatic carbocycles. The third kappa shape index (κ3) is 5.13. The van der Waals surface area contributed by atoms with Crippen LogP contribution >= 0.6 is 31.9 Å². The minimum Gasteiger partial charge on any atom is -0.491 e. The van der Waals surface area contributed by atoms with Crippen molar-refractivity contribution < 1.29 is 4.74 Å². The van der Waals surface area contributed by atoms with Crippen molar-refractivity contribution >= 4 is 31.9 Å². The first-order valence-electron chi connectivity index (χ1n) is 6.11. The van der Waals surface area contributed by atoms with Crippen molar-refractivity contribution in [2.75, 3.05) is 13.2 Å². The highest BCUT2D eigenvalue weighted by atomic mass is 79.9. The lowest BCUT2D eigenvalue weighted by atomic mass is 9.92. The van der Waals surface area contributed by atoms with Crippen molar-refractivity contribution in [3.63, 3.8) is 0 Å². The molecule has 0 unspecified atom stereocenters. The molecule has 0 aliphatic carbocycles. The van der Waals surface area contributed by atoms with Gasteiger partial charge in [0.15, 0.2) is 0 Å². The lowest BCUT2D eigenvalue weighted by Gasteiger charge is -2.17. The zero-order valence-electron chi connectivity index (χ0n) is 11.2. The van der Waals surface area contributed by atoms with Gasteiger partial charge in [-0.25, -0.2) is 0 Å². The zero-order chi connectivity index (χ0) is 14.5. The van der Waals surface area contributed by atoms with Gasteiger partial charge in [0.25, 0.3) is 0 Å². The van der Waals surface area contributed by atoms with Crippen LogP contribution < -0.4 is 10.5 Å². The molecule has 2 N–H and O–H groups in total. The third-order valence-electron chi connectivity index (χ3n) is 2.77. The minimum atomic E-state index is -0.363. The van der Waals surface area contributed by atoms with Gasteiger partial charge in [-0.05, 0) is 82.8 Å². The highest BCUT2D eigenvalue weighted by molar-refractivity contribution is 9.11. The highest BCUT2D eigenvalue weighted by Gasteiger charge is 2.17. The number of nitrogens with zero attached hydrogens (tertiary/aromatic N) is 1. The van der Waals surface area contributed by atoms with Crippen molar-refractivity contribution in [2.45, 2.75) is 26.7 Å². The van der Waals surface area contributed by atoms with E-state index in [1.54, 1.807) is 0 Å². The quantitative estimate of drug-likeness (QED) is 0.798. The van der Waals surface area contributed by atoms with E-state index in [-0.39, 0.29) is 5.41 Å². The van der Waals surface area contributed by atoms with E-state index in [4.69, 9.17) is 15.7 Å². The average Bonchev–Trinajstić information content (AvgIpc) is 2.33.